The fourth-order valence-corrected chi connectivity index (χ4v) is 5.55. The topological polar surface area (TPSA) is 88.1 Å². The maximum absolute atomic E-state index is 13.8. The van der Waals surface area contributed by atoms with Crippen LogP contribution >= 0.6 is 0 Å². The van der Waals surface area contributed by atoms with Crippen LogP contribution in [0.4, 0.5) is 20.5 Å². The lowest BCUT2D eigenvalue weighted by Crippen LogP contribution is -2.54. The van der Waals surface area contributed by atoms with E-state index in [1.165, 1.54) is 37.1 Å². The van der Waals surface area contributed by atoms with E-state index in [-0.39, 0.29) is 23.7 Å². The standard InChI is InChI=1S/C28H32F2N8/c1-2-23-16-36(25(19-5-9-21(29)10-6-19)20-7-11-22(30)12-8-20)13-14-38(23)27-24-26(33-28(34-27)35-31)37(17-32-24)15-18-3-4-18/h5-12,17-18,23,25H,2-4,13-16,31H2,1H3,(H,33,34,35). The highest BCUT2D eigenvalue weighted by molar-refractivity contribution is 5.85. The van der Waals surface area contributed by atoms with Crippen LogP contribution in [-0.2, 0) is 6.54 Å². The first-order valence-corrected chi connectivity index (χ1v) is 13.2. The van der Waals surface area contributed by atoms with Crippen LogP contribution < -0.4 is 16.2 Å². The molecule has 1 saturated carbocycles. The number of halogens is 2. The minimum Gasteiger partial charge on any atom is -0.349 e. The Morgan fingerprint density at radius 3 is 2.21 bits per heavy atom. The van der Waals surface area contributed by atoms with Crippen molar-refractivity contribution in [2.24, 2.45) is 11.8 Å². The van der Waals surface area contributed by atoms with Crippen LogP contribution in [-0.4, -0.2) is 50.1 Å². The summed E-state index contributed by atoms with van der Waals surface area (Å²) in [7, 11) is 0. The molecule has 4 aromatic rings. The lowest BCUT2D eigenvalue weighted by Gasteiger charge is -2.45. The molecule has 2 aromatic heterocycles. The number of imidazole rings is 1. The molecule has 38 heavy (non-hydrogen) atoms. The van der Waals surface area contributed by atoms with Gasteiger partial charge in [0.15, 0.2) is 17.0 Å². The van der Waals surface area contributed by atoms with Crippen LogP contribution in [0.1, 0.15) is 43.4 Å². The number of hydrogen-bond donors (Lipinski definition) is 2. The number of nitrogens with one attached hydrogen (secondary N) is 1. The molecule has 2 aliphatic rings. The highest BCUT2D eigenvalue weighted by Crippen LogP contribution is 2.36. The molecule has 0 amide bonds. The van der Waals surface area contributed by atoms with Gasteiger partial charge in [-0.25, -0.2) is 19.6 Å². The minimum absolute atomic E-state index is 0.128. The van der Waals surface area contributed by atoms with Crippen LogP contribution in [0.25, 0.3) is 11.2 Å². The second kappa shape index (κ2) is 10.3. The third kappa shape index (κ3) is 4.81. The Bertz CT molecular complexity index is 1360. The molecule has 2 aromatic carbocycles. The lowest BCUT2D eigenvalue weighted by atomic mass is 9.95. The van der Waals surface area contributed by atoms with E-state index in [2.05, 4.69) is 31.7 Å². The largest absolute Gasteiger partial charge is 0.349 e. The fraction of sp³-hybridized carbons (Fsp3) is 0.393. The number of nitrogen functional groups attached to an aromatic ring is 1. The summed E-state index contributed by atoms with van der Waals surface area (Å²) >= 11 is 0. The summed E-state index contributed by atoms with van der Waals surface area (Å²) in [5, 5.41) is 0. The molecule has 0 bridgehead atoms. The number of fused-ring (bicyclic) bond motifs is 1. The Labute approximate surface area is 220 Å². The van der Waals surface area contributed by atoms with E-state index in [4.69, 9.17) is 15.8 Å². The van der Waals surface area contributed by atoms with E-state index in [0.29, 0.717) is 18.4 Å². The molecule has 8 nitrogen and oxygen atoms in total. The molecule has 1 aliphatic heterocycles. The monoisotopic (exact) mass is 518 g/mol. The van der Waals surface area contributed by atoms with Crippen molar-refractivity contribution in [3.63, 3.8) is 0 Å². The molecule has 0 spiro atoms. The molecule has 1 atom stereocenters. The van der Waals surface area contributed by atoms with Gasteiger partial charge in [-0.15, -0.1) is 0 Å². The van der Waals surface area contributed by atoms with E-state index < -0.39 is 0 Å². The maximum Gasteiger partial charge on any atom is 0.241 e. The molecule has 3 N–H and O–H groups in total. The van der Waals surface area contributed by atoms with E-state index >= 15 is 0 Å². The highest BCUT2D eigenvalue weighted by Gasteiger charge is 2.34. The van der Waals surface area contributed by atoms with Crippen LogP contribution in [0.3, 0.4) is 0 Å². The Morgan fingerprint density at radius 2 is 1.63 bits per heavy atom. The number of aromatic nitrogens is 4. The Morgan fingerprint density at radius 1 is 0.974 bits per heavy atom. The second-order valence-corrected chi connectivity index (χ2v) is 10.3. The smallest absolute Gasteiger partial charge is 0.241 e. The van der Waals surface area contributed by atoms with Gasteiger partial charge < -0.3 is 9.47 Å². The van der Waals surface area contributed by atoms with Crippen molar-refractivity contribution >= 4 is 22.9 Å². The first kappa shape index (κ1) is 24.7. The zero-order valence-electron chi connectivity index (χ0n) is 21.4. The third-order valence-corrected chi connectivity index (χ3v) is 7.72. The van der Waals surface area contributed by atoms with Gasteiger partial charge in [0.2, 0.25) is 5.95 Å². The summed E-state index contributed by atoms with van der Waals surface area (Å²) in [4.78, 5) is 18.8. The number of piperazine rings is 1. The quantitative estimate of drug-likeness (QED) is 0.263. The number of hydrazine groups is 1. The van der Waals surface area contributed by atoms with Gasteiger partial charge in [-0.05, 0) is 60.6 Å². The van der Waals surface area contributed by atoms with Gasteiger partial charge in [0.25, 0.3) is 0 Å². The van der Waals surface area contributed by atoms with E-state index in [0.717, 1.165) is 54.2 Å². The second-order valence-electron chi connectivity index (χ2n) is 10.3. The predicted molar refractivity (Wildman–Crippen MR) is 143 cm³/mol. The number of nitrogens with two attached hydrogens (primary N) is 1. The zero-order valence-corrected chi connectivity index (χ0v) is 21.4. The molecule has 6 rings (SSSR count). The molecule has 3 heterocycles. The third-order valence-electron chi connectivity index (χ3n) is 7.72. The average molecular weight is 519 g/mol. The number of anilines is 2. The summed E-state index contributed by atoms with van der Waals surface area (Å²) in [6, 6.07) is 13.2. The molecule has 198 valence electrons. The van der Waals surface area contributed by atoms with Gasteiger partial charge in [0.1, 0.15) is 11.6 Å². The van der Waals surface area contributed by atoms with Crippen molar-refractivity contribution in [1.82, 2.24) is 24.4 Å². The number of nitrogens with zero attached hydrogens (tertiary/aromatic N) is 6. The van der Waals surface area contributed by atoms with Crippen LogP contribution in [0, 0.1) is 17.6 Å². The lowest BCUT2D eigenvalue weighted by molar-refractivity contribution is 0.180. The van der Waals surface area contributed by atoms with Gasteiger partial charge in [-0.1, -0.05) is 31.2 Å². The first-order valence-electron chi connectivity index (χ1n) is 13.2. The molecule has 1 aliphatic carbocycles. The summed E-state index contributed by atoms with van der Waals surface area (Å²) in [6.45, 7) is 5.26. The molecule has 10 heteroatoms. The summed E-state index contributed by atoms with van der Waals surface area (Å²) in [6.07, 6.45) is 5.22. The minimum atomic E-state index is -0.277. The number of benzene rings is 2. The van der Waals surface area contributed by atoms with Gasteiger partial charge in [-0.2, -0.15) is 9.97 Å². The molecular weight excluding hydrogens is 486 g/mol. The normalized spacial score (nSPS) is 18.4. The highest BCUT2D eigenvalue weighted by atomic mass is 19.1. The summed E-state index contributed by atoms with van der Waals surface area (Å²) < 4.78 is 29.6. The van der Waals surface area contributed by atoms with Gasteiger partial charge >= 0.3 is 0 Å². The zero-order chi connectivity index (χ0) is 26.2. The molecule has 2 fully saturated rings. The van der Waals surface area contributed by atoms with E-state index in [1.54, 1.807) is 0 Å². The van der Waals surface area contributed by atoms with Crippen molar-refractivity contribution in [1.29, 1.82) is 0 Å². The van der Waals surface area contributed by atoms with Crippen molar-refractivity contribution in [3.8, 4) is 0 Å². The Kier molecular flexibility index (Phi) is 6.67. The van der Waals surface area contributed by atoms with Crippen molar-refractivity contribution in [2.45, 2.75) is 44.8 Å². The van der Waals surface area contributed by atoms with Gasteiger partial charge in [-0.3, -0.25) is 10.3 Å². The number of rotatable bonds is 8. The maximum atomic E-state index is 13.8. The van der Waals surface area contributed by atoms with Crippen molar-refractivity contribution < 1.29 is 8.78 Å². The summed E-state index contributed by atoms with van der Waals surface area (Å²) in [5.41, 5.74) is 6.15. The Balaban J connectivity index is 1.33. The molecule has 1 saturated heterocycles. The van der Waals surface area contributed by atoms with Crippen molar-refractivity contribution in [2.75, 3.05) is 30.0 Å². The first-order chi connectivity index (χ1) is 18.5. The SMILES string of the molecule is CCC1CN(C(c2ccc(F)cc2)c2ccc(F)cc2)CCN1c1nc(NN)nc2c1ncn2CC1CC1. The molecule has 0 radical (unpaired) electrons. The Hall–Kier alpha value is -3.63. The van der Waals surface area contributed by atoms with E-state index in [9.17, 15) is 8.78 Å². The van der Waals surface area contributed by atoms with Crippen LogP contribution in [0.2, 0.25) is 0 Å². The molecular formula is C28H32F2N8. The average Bonchev–Trinajstić information content (AvgIpc) is 3.68. The van der Waals surface area contributed by atoms with E-state index in [1.807, 2.05) is 30.6 Å². The van der Waals surface area contributed by atoms with Crippen molar-refractivity contribution in [3.05, 3.63) is 77.6 Å². The van der Waals surface area contributed by atoms with Gasteiger partial charge in [0.05, 0.1) is 12.4 Å². The van der Waals surface area contributed by atoms with Crippen LogP contribution in [0.5, 0.6) is 0 Å². The van der Waals surface area contributed by atoms with Crippen LogP contribution in [0.15, 0.2) is 54.9 Å². The predicted octanol–water partition coefficient (Wildman–Crippen LogP) is 4.49. The fourth-order valence-electron chi connectivity index (χ4n) is 5.55. The molecule has 1 unspecified atom stereocenters. The number of hydrogen-bond acceptors (Lipinski definition) is 7. The summed E-state index contributed by atoms with van der Waals surface area (Å²) in [5.74, 6) is 7.05. The van der Waals surface area contributed by atoms with Gasteiger partial charge in [0, 0.05) is 32.2 Å².